The highest BCUT2D eigenvalue weighted by Gasteiger charge is 2.16. The Morgan fingerprint density at radius 3 is 2.50 bits per heavy atom. The Morgan fingerprint density at radius 2 is 1.70 bits per heavy atom. The van der Waals surface area contributed by atoms with Crippen molar-refractivity contribution in [2.45, 2.75) is 13.8 Å². The number of aromatic amines is 1. The van der Waals surface area contributed by atoms with E-state index in [0.717, 1.165) is 22.0 Å². The summed E-state index contributed by atoms with van der Waals surface area (Å²) in [4.78, 5) is 15.8. The second-order valence-electron chi connectivity index (χ2n) is 5.17. The van der Waals surface area contributed by atoms with E-state index in [4.69, 9.17) is 5.73 Å². The molecular formula is C17H16N2O. The third-order valence-corrected chi connectivity index (χ3v) is 3.54. The van der Waals surface area contributed by atoms with Gasteiger partial charge in [0.25, 0.3) is 0 Å². The SMILES string of the molecule is Cc1ccc(N)c(C(=O)c2c[nH]c3cc(C)ccc23)c1. The van der Waals surface area contributed by atoms with Gasteiger partial charge in [-0.15, -0.1) is 0 Å². The van der Waals surface area contributed by atoms with Crippen molar-refractivity contribution >= 4 is 22.4 Å². The van der Waals surface area contributed by atoms with Gasteiger partial charge in [0.1, 0.15) is 0 Å². The van der Waals surface area contributed by atoms with Crippen molar-refractivity contribution in [2.24, 2.45) is 0 Å². The topological polar surface area (TPSA) is 58.9 Å². The van der Waals surface area contributed by atoms with Crippen molar-refractivity contribution in [3.63, 3.8) is 0 Å². The standard InChI is InChI=1S/C17H16N2O/c1-10-4-6-15(18)13(7-10)17(20)14-9-19-16-8-11(2)3-5-12(14)16/h3-9,19H,18H2,1-2H3. The molecule has 3 rings (SSSR count). The first-order valence-electron chi connectivity index (χ1n) is 6.55. The van der Waals surface area contributed by atoms with Crippen LogP contribution in [0.5, 0.6) is 0 Å². The van der Waals surface area contributed by atoms with Gasteiger partial charge in [-0.1, -0.05) is 23.8 Å². The van der Waals surface area contributed by atoms with Crippen LogP contribution in [0.3, 0.4) is 0 Å². The third-order valence-electron chi connectivity index (χ3n) is 3.54. The van der Waals surface area contributed by atoms with Gasteiger partial charge in [-0.2, -0.15) is 0 Å². The van der Waals surface area contributed by atoms with Crippen LogP contribution in [0.15, 0.2) is 42.6 Å². The van der Waals surface area contributed by atoms with Gasteiger partial charge in [0.05, 0.1) is 0 Å². The fraction of sp³-hybridized carbons (Fsp3) is 0.118. The predicted molar refractivity (Wildman–Crippen MR) is 82.1 cm³/mol. The molecule has 3 heteroatoms. The summed E-state index contributed by atoms with van der Waals surface area (Å²) < 4.78 is 0. The number of aromatic nitrogens is 1. The average molecular weight is 264 g/mol. The quantitative estimate of drug-likeness (QED) is 0.549. The molecule has 0 bridgehead atoms. The molecule has 0 saturated heterocycles. The largest absolute Gasteiger partial charge is 0.398 e. The number of hydrogen-bond donors (Lipinski definition) is 2. The lowest BCUT2D eigenvalue weighted by Crippen LogP contribution is -2.05. The van der Waals surface area contributed by atoms with Gasteiger partial charge in [-0.25, -0.2) is 0 Å². The number of ketones is 1. The minimum atomic E-state index is -0.0405. The van der Waals surface area contributed by atoms with Gasteiger partial charge in [0.2, 0.25) is 0 Å². The molecule has 0 unspecified atom stereocenters. The molecule has 1 heterocycles. The Hall–Kier alpha value is -2.55. The second-order valence-corrected chi connectivity index (χ2v) is 5.17. The molecule has 100 valence electrons. The van der Waals surface area contributed by atoms with Gasteiger partial charge in [-0.3, -0.25) is 4.79 Å². The van der Waals surface area contributed by atoms with Crippen molar-refractivity contribution < 1.29 is 4.79 Å². The van der Waals surface area contributed by atoms with E-state index in [1.165, 1.54) is 0 Å². The highest BCUT2D eigenvalue weighted by Crippen LogP contribution is 2.24. The Morgan fingerprint density at radius 1 is 1.00 bits per heavy atom. The van der Waals surface area contributed by atoms with E-state index in [1.807, 2.05) is 44.2 Å². The molecule has 0 spiro atoms. The molecule has 0 atom stereocenters. The molecule has 0 radical (unpaired) electrons. The lowest BCUT2D eigenvalue weighted by molar-refractivity contribution is 0.104. The monoisotopic (exact) mass is 264 g/mol. The Labute approximate surface area is 117 Å². The zero-order chi connectivity index (χ0) is 14.3. The van der Waals surface area contributed by atoms with Gasteiger partial charge in [0.15, 0.2) is 5.78 Å². The number of nitrogen functional groups attached to an aromatic ring is 1. The van der Waals surface area contributed by atoms with Gasteiger partial charge in [-0.05, 0) is 37.6 Å². The van der Waals surface area contributed by atoms with E-state index in [0.29, 0.717) is 16.8 Å². The van der Waals surface area contributed by atoms with Crippen LogP contribution in [0.4, 0.5) is 5.69 Å². The molecule has 0 aliphatic rings. The first kappa shape index (κ1) is 12.5. The summed E-state index contributed by atoms with van der Waals surface area (Å²) >= 11 is 0. The number of fused-ring (bicyclic) bond motifs is 1. The number of nitrogens with one attached hydrogen (secondary N) is 1. The Kier molecular flexibility index (Phi) is 2.83. The maximum absolute atomic E-state index is 12.7. The van der Waals surface area contributed by atoms with Crippen LogP contribution in [0.2, 0.25) is 0 Å². The van der Waals surface area contributed by atoms with Crippen LogP contribution in [0, 0.1) is 13.8 Å². The number of rotatable bonds is 2. The summed E-state index contributed by atoms with van der Waals surface area (Å²) in [6, 6.07) is 11.5. The number of nitrogens with two attached hydrogens (primary N) is 1. The molecule has 0 aliphatic heterocycles. The molecule has 0 aliphatic carbocycles. The summed E-state index contributed by atoms with van der Waals surface area (Å²) in [5.41, 5.74) is 10.8. The molecule has 0 amide bonds. The smallest absolute Gasteiger partial charge is 0.197 e. The maximum atomic E-state index is 12.7. The number of carbonyl (C=O) groups is 1. The molecule has 3 nitrogen and oxygen atoms in total. The Bertz CT molecular complexity index is 815. The number of benzene rings is 2. The van der Waals surface area contributed by atoms with Gasteiger partial charge in [0, 0.05) is 33.9 Å². The van der Waals surface area contributed by atoms with Crippen LogP contribution in [0.1, 0.15) is 27.0 Å². The summed E-state index contributed by atoms with van der Waals surface area (Å²) in [5.74, 6) is -0.0405. The van der Waals surface area contributed by atoms with Gasteiger partial charge < -0.3 is 10.7 Å². The van der Waals surface area contributed by atoms with Crippen LogP contribution in [-0.4, -0.2) is 10.8 Å². The average Bonchev–Trinajstić information content (AvgIpc) is 2.83. The van der Waals surface area contributed by atoms with Crippen LogP contribution >= 0.6 is 0 Å². The molecular weight excluding hydrogens is 248 g/mol. The number of carbonyl (C=O) groups excluding carboxylic acids is 1. The third kappa shape index (κ3) is 1.97. The molecule has 2 aromatic carbocycles. The predicted octanol–water partition coefficient (Wildman–Crippen LogP) is 3.60. The van der Waals surface area contributed by atoms with E-state index in [9.17, 15) is 4.79 Å². The number of anilines is 1. The summed E-state index contributed by atoms with van der Waals surface area (Å²) in [6.45, 7) is 3.98. The second kappa shape index (κ2) is 4.53. The van der Waals surface area contributed by atoms with Crippen molar-refractivity contribution in [3.05, 3.63) is 64.8 Å². The number of H-pyrrole nitrogens is 1. The number of hydrogen-bond acceptors (Lipinski definition) is 2. The zero-order valence-corrected chi connectivity index (χ0v) is 11.5. The van der Waals surface area contributed by atoms with E-state index < -0.39 is 0 Å². The van der Waals surface area contributed by atoms with Crippen LogP contribution in [-0.2, 0) is 0 Å². The van der Waals surface area contributed by atoms with Crippen molar-refractivity contribution in [2.75, 3.05) is 5.73 Å². The molecule has 1 aromatic heterocycles. The first-order valence-corrected chi connectivity index (χ1v) is 6.55. The summed E-state index contributed by atoms with van der Waals surface area (Å²) in [7, 11) is 0. The Balaban J connectivity index is 2.15. The van der Waals surface area contributed by atoms with Crippen molar-refractivity contribution in [1.29, 1.82) is 0 Å². The van der Waals surface area contributed by atoms with Crippen molar-refractivity contribution in [3.8, 4) is 0 Å². The fourth-order valence-corrected chi connectivity index (χ4v) is 2.44. The number of aryl methyl sites for hydroxylation is 2. The van der Waals surface area contributed by atoms with E-state index in [1.54, 1.807) is 12.3 Å². The van der Waals surface area contributed by atoms with E-state index in [2.05, 4.69) is 4.98 Å². The lowest BCUT2D eigenvalue weighted by Gasteiger charge is -2.05. The first-order chi connectivity index (χ1) is 9.56. The van der Waals surface area contributed by atoms with E-state index >= 15 is 0 Å². The molecule has 0 saturated carbocycles. The van der Waals surface area contributed by atoms with Gasteiger partial charge >= 0.3 is 0 Å². The zero-order valence-electron chi connectivity index (χ0n) is 11.5. The normalized spacial score (nSPS) is 10.9. The molecule has 3 N–H and O–H groups in total. The maximum Gasteiger partial charge on any atom is 0.197 e. The minimum Gasteiger partial charge on any atom is -0.398 e. The van der Waals surface area contributed by atoms with Crippen molar-refractivity contribution in [1.82, 2.24) is 4.98 Å². The van der Waals surface area contributed by atoms with Crippen LogP contribution < -0.4 is 5.73 Å². The minimum absolute atomic E-state index is 0.0405. The lowest BCUT2D eigenvalue weighted by atomic mass is 9.99. The summed E-state index contributed by atoms with van der Waals surface area (Å²) in [5, 5.41) is 0.932. The molecule has 20 heavy (non-hydrogen) atoms. The molecule has 0 fully saturated rings. The van der Waals surface area contributed by atoms with E-state index in [-0.39, 0.29) is 5.78 Å². The highest BCUT2D eigenvalue weighted by atomic mass is 16.1. The molecule has 3 aromatic rings. The fourth-order valence-electron chi connectivity index (χ4n) is 2.44. The summed E-state index contributed by atoms with van der Waals surface area (Å²) in [6.07, 6.45) is 1.76. The van der Waals surface area contributed by atoms with Crippen LogP contribution in [0.25, 0.3) is 10.9 Å². The highest BCUT2D eigenvalue weighted by molar-refractivity contribution is 6.18.